The molecule has 3 aromatic rings. The molecule has 3 rings (SSSR count). The molecule has 0 saturated carbocycles. The first kappa shape index (κ1) is 11.1. The molecule has 0 radical (unpaired) electrons. The summed E-state index contributed by atoms with van der Waals surface area (Å²) in [5.41, 5.74) is 4.44. The van der Waals surface area contributed by atoms with Crippen LogP contribution in [0, 0.1) is 0 Å². The van der Waals surface area contributed by atoms with Gasteiger partial charge in [0, 0.05) is 22.7 Å². The lowest BCUT2D eigenvalue weighted by atomic mass is 9.93. The van der Waals surface area contributed by atoms with Crippen molar-refractivity contribution in [2.75, 3.05) is 0 Å². The monoisotopic (exact) mass is 239 g/mol. The van der Waals surface area contributed by atoms with Crippen molar-refractivity contribution in [3.8, 4) is 11.3 Å². The van der Waals surface area contributed by atoms with Crippen LogP contribution in [-0.2, 0) is 5.41 Å². The molecule has 0 amide bonds. The lowest BCUT2D eigenvalue weighted by Crippen LogP contribution is -2.11. The molecule has 92 valence electrons. The van der Waals surface area contributed by atoms with Crippen molar-refractivity contribution in [2.45, 2.75) is 26.2 Å². The number of aromatic amines is 1. The van der Waals surface area contributed by atoms with Crippen LogP contribution in [0.4, 0.5) is 0 Å². The molecule has 18 heavy (non-hydrogen) atoms. The summed E-state index contributed by atoms with van der Waals surface area (Å²) in [6.45, 7) is 6.57. The van der Waals surface area contributed by atoms with Gasteiger partial charge in [-0.3, -0.25) is 5.10 Å². The van der Waals surface area contributed by atoms with E-state index in [1.165, 1.54) is 5.69 Å². The van der Waals surface area contributed by atoms with Crippen LogP contribution in [0.1, 0.15) is 26.5 Å². The molecule has 0 aliphatic carbocycles. The quantitative estimate of drug-likeness (QED) is 0.691. The molecule has 0 atom stereocenters. The Morgan fingerprint density at radius 2 is 1.83 bits per heavy atom. The van der Waals surface area contributed by atoms with Crippen LogP contribution in [0.3, 0.4) is 0 Å². The van der Waals surface area contributed by atoms with Gasteiger partial charge < -0.3 is 0 Å². The van der Waals surface area contributed by atoms with E-state index in [1.54, 1.807) is 0 Å². The van der Waals surface area contributed by atoms with Crippen LogP contribution in [0.15, 0.2) is 42.6 Å². The normalized spacial score (nSPS) is 12.2. The molecule has 3 heteroatoms. The molecular weight excluding hydrogens is 222 g/mol. The highest BCUT2D eigenvalue weighted by molar-refractivity contribution is 5.62. The van der Waals surface area contributed by atoms with Gasteiger partial charge in [-0.1, -0.05) is 51.1 Å². The van der Waals surface area contributed by atoms with Gasteiger partial charge in [0.15, 0.2) is 5.65 Å². The Morgan fingerprint density at radius 1 is 1.11 bits per heavy atom. The van der Waals surface area contributed by atoms with E-state index in [9.17, 15) is 0 Å². The van der Waals surface area contributed by atoms with Gasteiger partial charge in [0.05, 0.1) is 11.9 Å². The number of imidazole rings is 1. The highest BCUT2D eigenvalue weighted by atomic mass is 15.3. The maximum Gasteiger partial charge on any atom is 0.153 e. The van der Waals surface area contributed by atoms with E-state index in [1.807, 2.05) is 28.9 Å². The van der Waals surface area contributed by atoms with Gasteiger partial charge >= 0.3 is 0 Å². The van der Waals surface area contributed by atoms with Gasteiger partial charge in [-0.25, -0.2) is 9.50 Å². The minimum Gasteiger partial charge on any atom is -0.296 e. The summed E-state index contributed by atoms with van der Waals surface area (Å²) in [6, 6.07) is 12.3. The zero-order valence-corrected chi connectivity index (χ0v) is 10.9. The van der Waals surface area contributed by atoms with Crippen LogP contribution < -0.4 is 0 Å². The zero-order valence-electron chi connectivity index (χ0n) is 10.9. The molecule has 0 unspecified atom stereocenters. The van der Waals surface area contributed by atoms with E-state index in [0.717, 1.165) is 16.9 Å². The second kappa shape index (κ2) is 3.73. The number of aromatic nitrogens is 3. The minimum absolute atomic E-state index is 0.119. The van der Waals surface area contributed by atoms with Crippen LogP contribution in [0.5, 0.6) is 0 Å². The van der Waals surface area contributed by atoms with Gasteiger partial charge in [-0.2, -0.15) is 0 Å². The van der Waals surface area contributed by atoms with E-state index in [-0.39, 0.29) is 5.41 Å². The molecule has 0 aliphatic rings. The SMILES string of the molecule is CC(C)(C)c1cc2nc(-c3ccccc3)cn2[nH]1. The first-order chi connectivity index (χ1) is 8.54. The fourth-order valence-electron chi connectivity index (χ4n) is 2.01. The van der Waals surface area contributed by atoms with Crippen LogP contribution in [-0.4, -0.2) is 14.6 Å². The van der Waals surface area contributed by atoms with E-state index in [0.29, 0.717) is 0 Å². The maximum atomic E-state index is 4.65. The fraction of sp³-hybridized carbons (Fsp3) is 0.267. The molecule has 1 aromatic carbocycles. The third-order valence-electron chi connectivity index (χ3n) is 3.13. The molecule has 0 bridgehead atoms. The Balaban J connectivity index is 2.07. The van der Waals surface area contributed by atoms with Gasteiger partial charge in [0.25, 0.3) is 0 Å². The standard InChI is InChI=1S/C15H17N3/c1-15(2,3)13-9-14-16-12(10-18(14)17-13)11-7-5-4-6-8-11/h4-10,17H,1-3H3. The Bertz CT molecular complexity index is 637. The van der Waals surface area contributed by atoms with E-state index < -0.39 is 0 Å². The molecular formula is C15H17N3. The average Bonchev–Trinajstić information content (AvgIpc) is 2.86. The largest absolute Gasteiger partial charge is 0.296 e. The molecule has 0 saturated heterocycles. The molecule has 2 aromatic heterocycles. The number of hydrogen-bond donors (Lipinski definition) is 1. The van der Waals surface area contributed by atoms with Gasteiger partial charge in [0.2, 0.25) is 0 Å². The van der Waals surface area contributed by atoms with Crippen LogP contribution >= 0.6 is 0 Å². The van der Waals surface area contributed by atoms with Crippen LogP contribution in [0.2, 0.25) is 0 Å². The van der Waals surface area contributed by atoms with Crippen molar-refractivity contribution in [3.05, 3.63) is 48.3 Å². The molecule has 0 spiro atoms. The molecule has 0 fully saturated rings. The Labute approximate surface area is 106 Å². The lowest BCUT2D eigenvalue weighted by molar-refractivity contribution is 0.563. The molecule has 0 aliphatic heterocycles. The third kappa shape index (κ3) is 1.82. The van der Waals surface area contributed by atoms with Crippen molar-refractivity contribution >= 4 is 5.65 Å². The summed E-state index contributed by atoms with van der Waals surface area (Å²) in [6.07, 6.45) is 2.04. The number of benzene rings is 1. The molecule has 3 nitrogen and oxygen atoms in total. The maximum absolute atomic E-state index is 4.65. The van der Waals surface area contributed by atoms with Gasteiger partial charge in [0.1, 0.15) is 0 Å². The van der Waals surface area contributed by atoms with Gasteiger partial charge in [-0.15, -0.1) is 0 Å². The van der Waals surface area contributed by atoms with E-state index in [2.05, 4.69) is 49.1 Å². The number of nitrogens with zero attached hydrogens (tertiary/aromatic N) is 2. The molecule has 1 N–H and O–H groups in total. The first-order valence-electron chi connectivity index (χ1n) is 6.18. The van der Waals surface area contributed by atoms with Crippen molar-refractivity contribution < 1.29 is 0 Å². The highest BCUT2D eigenvalue weighted by Crippen LogP contribution is 2.24. The third-order valence-corrected chi connectivity index (χ3v) is 3.13. The first-order valence-corrected chi connectivity index (χ1v) is 6.18. The summed E-state index contributed by atoms with van der Waals surface area (Å²) in [5, 5.41) is 3.38. The lowest BCUT2D eigenvalue weighted by Gasteiger charge is -2.15. The Kier molecular flexibility index (Phi) is 2.30. The van der Waals surface area contributed by atoms with Crippen molar-refractivity contribution in [1.82, 2.24) is 14.6 Å². The Hall–Kier alpha value is -2.03. The Morgan fingerprint density at radius 3 is 2.44 bits per heavy atom. The number of fused-ring (bicyclic) bond motifs is 1. The van der Waals surface area contributed by atoms with E-state index >= 15 is 0 Å². The summed E-state index contributed by atoms with van der Waals surface area (Å²) in [4.78, 5) is 4.65. The van der Waals surface area contributed by atoms with Crippen LogP contribution in [0.25, 0.3) is 16.9 Å². The van der Waals surface area contributed by atoms with Gasteiger partial charge in [-0.05, 0) is 0 Å². The summed E-state index contributed by atoms with van der Waals surface area (Å²) >= 11 is 0. The summed E-state index contributed by atoms with van der Waals surface area (Å²) in [5.74, 6) is 0. The van der Waals surface area contributed by atoms with Crippen molar-refractivity contribution in [1.29, 1.82) is 0 Å². The molecule has 2 heterocycles. The second-order valence-electron chi connectivity index (χ2n) is 5.64. The van der Waals surface area contributed by atoms with Crippen molar-refractivity contribution in [2.24, 2.45) is 0 Å². The van der Waals surface area contributed by atoms with Crippen molar-refractivity contribution in [3.63, 3.8) is 0 Å². The fourth-order valence-corrected chi connectivity index (χ4v) is 2.01. The summed E-state index contributed by atoms with van der Waals surface area (Å²) in [7, 11) is 0. The number of H-pyrrole nitrogens is 1. The highest BCUT2D eigenvalue weighted by Gasteiger charge is 2.17. The smallest absolute Gasteiger partial charge is 0.153 e. The second-order valence-corrected chi connectivity index (χ2v) is 5.64. The number of nitrogens with one attached hydrogen (secondary N) is 1. The predicted octanol–water partition coefficient (Wildman–Crippen LogP) is 3.63. The van der Waals surface area contributed by atoms with E-state index in [4.69, 9.17) is 0 Å². The number of hydrogen-bond acceptors (Lipinski definition) is 1. The number of rotatable bonds is 1. The topological polar surface area (TPSA) is 33.1 Å². The zero-order chi connectivity index (χ0) is 12.8. The predicted molar refractivity (Wildman–Crippen MR) is 73.7 cm³/mol. The minimum atomic E-state index is 0.119. The summed E-state index contributed by atoms with van der Waals surface area (Å²) < 4.78 is 1.99. The average molecular weight is 239 g/mol.